The minimum atomic E-state index is -0.493. The van der Waals surface area contributed by atoms with E-state index in [1.807, 2.05) is 0 Å². The zero-order valence-electron chi connectivity index (χ0n) is 23.8. The molecule has 0 saturated carbocycles. The summed E-state index contributed by atoms with van der Waals surface area (Å²) in [6.45, 7) is 8.38. The molecule has 0 amide bonds. The fourth-order valence-corrected chi connectivity index (χ4v) is 7.01. The third-order valence-corrected chi connectivity index (χ3v) is 9.63. The summed E-state index contributed by atoms with van der Waals surface area (Å²) in [6, 6.07) is 41.1. The van der Waals surface area contributed by atoms with Crippen LogP contribution in [-0.4, -0.2) is 18.3 Å². The van der Waals surface area contributed by atoms with E-state index in [1.54, 1.807) is 0 Å². The first kappa shape index (κ1) is 24.7. The molecule has 200 valence electrons. The van der Waals surface area contributed by atoms with E-state index in [0.717, 1.165) is 33.7 Å². The standard InChI is InChI=1S/C37H31BO3/c1-35(2)36(3,4)41-38(40-35)32-22-11-7-16-26(32)27-17-13-21-31-34(27)39-33-23-12-10-20-30(33)37(31)28-18-8-5-14-24(28)25-15-6-9-19-29(25)37/h5-23H,1-4H3. The molecule has 0 atom stereocenters. The Morgan fingerprint density at radius 3 is 1.61 bits per heavy atom. The monoisotopic (exact) mass is 534 g/mol. The molecule has 8 rings (SSSR count). The van der Waals surface area contributed by atoms with Gasteiger partial charge in [-0.1, -0.05) is 109 Å². The molecular formula is C37H31BO3. The van der Waals surface area contributed by atoms with Gasteiger partial charge in [0, 0.05) is 16.7 Å². The van der Waals surface area contributed by atoms with E-state index in [0.29, 0.717) is 0 Å². The predicted molar refractivity (Wildman–Crippen MR) is 165 cm³/mol. The third-order valence-electron chi connectivity index (χ3n) is 9.63. The van der Waals surface area contributed by atoms with Crippen molar-refractivity contribution in [3.8, 4) is 33.8 Å². The molecule has 0 N–H and O–H groups in total. The Balaban J connectivity index is 1.41. The lowest BCUT2D eigenvalue weighted by Crippen LogP contribution is -2.41. The summed E-state index contributed by atoms with van der Waals surface area (Å²) < 4.78 is 20.0. The fourth-order valence-electron chi connectivity index (χ4n) is 7.01. The molecule has 5 aromatic carbocycles. The first-order valence-corrected chi connectivity index (χ1v) is 14.4. The summed E-state index contributed by atoms with van der Waals surface area (Å²) in [7, 11) is -0.482. The molecule has 0 radical (unpaired) electrons. The van der Waals surface area contributed by atoms with Gasteiger partial charge in [0.15, 0.2) is 0 Å². The normalized spacial score (nSPS) is 18.3. The van der Waals surface area contributed by atoms with E-state index in [4.69, 9.17) is 14.0 Å². The number of benzene rings is 5. The first-order valence-electron chi connectivity index (χ1n) is 14.4. The Labute approximate surface area is 241 Å². The Kier molecular flexibility index (Phi) is 5.08. The third kappa shape index (κ3) is 3.23. The quantitative estimate of drug-likeness (QED) is 0.210. The number of hydrogen-bond acceptors (Lipinski definition) is 3. The largest absolute Gasteiger partial charge is 0.495 e. The van der Waals surface area contributed by atoms with Crippen LogP contribution < -0.4 is 10.2 Å². The second kappa shape index (κ2) is 8.45. The summed E-state index contributed by atoms with van der Waals surface area (Å²) in [5.41, 5.74) is 9.16. The van der Waals surface area contributed by atoms with Gasteiger partial charge in [0.2, 0.25) is 0 Å². The topological polar surface area (TPSA) is 27.7 Å². The lowest BCUT2D eigenvalue weighted by atomic mass is 9.65. The molecule has 2 heterocycles. The molecule has 4 heteroatoms. The van der Waals surface area contributed by atoms with Gasteiger partial charge < -0.3 is 14.0 Å². The van der Waals surface area contributed by atoms with Crippen molar-refractivity contribution in [1.29, 1.82) is 0 Å². The van der Waals surface area contributed by atoms with Gasteiger partial charge >= 0.3 is 7.12 Å². The maximum Gasteiger partial charge on any atom is 0.495 e. The molecule has 0 unspecified atom stereocenters. The molecule has 41 heavy (non-hydrogen) atoms. The Bertz CT molecular complexity index is 1790. The van der Waals surface area contributed by atoms with Crippen LogP contribution in [0.4, 0.5) is 0 Å². The van der Waals surface area contributed by atoms with Crippen LogP contribution in [0, 0.1) is 0 Å². The van der Waals surface area contributed by atoms with Crippen molar-refractivity contribution in [2.75, 3.05) is 0 Å². The zero-order chi connectivity index (χ0) is 28.0. The maximum atomic E-state index is 6.90. The van der Waals surface area contributed by atoms with Crippen LogP contribution in [0.2, 0.25) is 0 Å². The van der Waals surface area contributed by atoms with E-state index < -0.39 is 23.7 Å². The maximum absolute atomic E-state index is 6.90. The highest BCUT2D eigenvalue weighted by Crippen LogP contribution is 2.63. The predicted octanol–water partition coefficient (Wildman–Crippen LogP) is 8.12. The number of fused-ring (bicyclic) bond motifs is 9. The minimum absolute atomic E-state index is 0.433. The van der Waals surface area contributed by atoms with Gasteiger partial charge in [-0.05, 0) is 67.0 Å². The highest BCUT2D eigenvalue weighted by molar-refractivity contribution is 6.64. The van der Waals surface area contributed by atoms with Crippen LogP contribution in [0.25, 0.3) is 22.3 Å². The summed E-state index contributed by atoms with van der Waals surface area (Å²) in [5.74, 6) is 1.76. The van der Waals surface area contributed by atoms with Gasteiger partial charge in [-0.2, -0.15) is 0 Å². The molecular weight excluding hydrogens is 503 g/mol. The Hall–Kier alpha value is -4.12. The molecule has 3 aliphatic rings. The Morgan fingerprint density at radius 1 is 0.463 bits per heavy atom. The van der Waals surface area contributed by atoms with Crippen molar-refractivity contribution >= 4 is 12.6 Å². The van der Waals surface area contributed by atoms with Crippen LogP contribution in [0.15, 0.2) is 115 Å². The number of rotatable bonds is 2. The van der Waals surface area contributed by atoms with Gasteiger partial charge in [-0.15, -0.1) is 0 Å². The molecule has 5 aromatic rings. The lowest BCUT2D eigenvalue weighted by Gasteiger charge is -2.40. The SMILES string of the molecule is CC1(C)OB(c2ccccc2-c2cccc3c2Oc2ccccc2C32c3ccccc3-c3ccccc32)OC1(C)C. The summed E-state index contributed by atoms with van der Waals surface area (Å²) in [4.78, 5) is 0. The molecule has 0 aromatic heterocycles. The van der Waals surface area contributed by atoms with Crippen LogP contribution in [0.1, 0.15) is 49.9 Å². The summed E-state index contributed by atoms with van der Waals surface area (Å²) >= 11 is 0. The smallest absolute Gasteiger partial charge is 0.456 e. The highest BCUT2D eigenvalue weighted by atomic mass is 16.7. The van der Waals surface area contributed by atoms with Crippen molar-refractivity contribution in [2.45, 2.75) is 44.3 Å². The van der Waals surface area contributed by atoms with Crippen molar-refractivity contribution < 1.29 is 14.0 Å². The van der Waals surface area contributed by atoms with E-state index in [1.165, 1.54) is 27.8 Å². The first-order chi connectivity index (χ1) is 19.8. The number of para-hydroxylation sites is 2. The van der Waals surface area contributed by atoms with Crippen LogP contribution in [-0.2, 0) is 14.7 Å². The Morgan fingerprint density at radius 2 is 0.951 bits per heavy atom. The lowest BCUT2D eigenvalue weighted by molar-refractivity contribution is 0.00578. The molecule has 1 spiro atoms. The molecule has 0 bridgehead atoms. The fraction of sp³-hybridized carbons (Fsp3) is 0.189. The second-order valence-electron chi connectivity index (χ2n) is 12.3. The summed E-state index contributed by atoms with van der Waals surface area (Å²) in [5, 5.41) is 0. The molecule has 2 aliphatic heterocycles. The van der Waals surface area contributed by atoms with E-state index >= 15 is 0 Å². The van der Waals surface area contributed by atoms with Crippen LogP contribution in [0.5, 0.6) is 11.5 Å². The van der Waals surface area contributed by atoms with Gasteiger partial charge in [0.25, 0.3) is 0 Å². The van der Waals surface area contributed by atoms with Crippen molar-refractivity contribution in [2.24, 2.45) is 0 Å². The van der Waals surface area contributed by atoms with Crippen LogP contribution >= 0.6 is 0 Å². The average Bonchev–Trinajstić information content (AvgIpc) is 3.40. The molecule has 1 saturated heterocycles. The highest BCUT2D eigenvalue weighted by Gasteiger charge is 2.53. The average molecular weight is 534 g/mol. The zero-order valence-corrected chi connectivity index (χ0v) is 23.8. The minimum Gasteiger partial charge on any atom is -0.456 e. The van der Waals surface area contributed by atoms with E-state index in [2.05, 4.69) is 143 Å². The van der Waals surface area contributed by atoms with Gasteiger partial charge in [-0.25, -0.2) is 0 Å². The van der Waals surface area contributed by atoms with Gasteiger partial charge in [0.05, 0.1) is 16.6 Å². The van der Waals surface area contributed by atoms with Crippen molar-refractivity contribution in [3.63, 3.8) is 0 Å². The summed E-state index contributed by atoms with van der Waals surface area (Å²) in [6.07, 6.45) is 0. The number of ether oxygens (including phenoxy) is 1. The van der Waals surface area contributed by atoms with Gasteiger partial charge in [0.1, 0.15) is 11.5 Å². The molecule has 1 aliphatic carbocycles. The van der Waals surface area contributed by atoms with Crippen molar-refractivity contribution in [1.82, 2.24) is 0 Å². The van der Waals surface area contributed by atoms with E-state index in [-0.39, 0.29) is 0 Å². The second-order valence-corrected chi connectivity index (χ2v) is 12.3. The molecule has 3 nitrogen and oxygen atoms in total. The molecule has 1 fully saturated rings. The number of hydrogen-bond donors (Lipinski definition) is 0. The van der Waals surface area contributed by atoms with Gasteiger partial charge in [-0.3, -0.25) is 0 Å². The van der Waals surface area contributed by atoms with Crippen molar-refractivity contribution in [3.05, 3.63) is 138 Å². The van der Waals surface area contributed by atoms with E-state index in [9.17, 15) is 0 Å². The van der Waals surface area contributed by atoms with Crippen LogP contribution in [0.3, 0.4) is 0 Å².